The first-order chi connectivity index (χ1) is 10.7. The van der Waals surface area contributed by atoms with E-state index in [-0.39, 0.29) is 18.0 Å². The summed E-state index contributed by atoms with van der Waals surface area (Å²) in [5.41, 5.74) is 1.21. The average molecular weight is 301 g/mol. The molecule has 0 fully saturated rings. The van der Waals surface area contributed by atoms with Gasteiger partial charge in [0.1, 0.15) is 6.54 Å². The van der Waals surface area contributed by atoms with Crippen LogP contribution in [0, 0.1) is 0 Å². The van der Waals surface area contributed by atoms with E-state index < -0.39 is 0 Å². The monoisotopic (exact) mass is 301 g/mol. The van der Waals surface area contributed by atoms with E-state index in [1.807, 2.05) is 37.3 Å². The van der Waals surface area contributed by atoms with Crippen LogP contribution < -0.4 is 10.9 Å². The minimum absolute atomic E-state index is 0.0486. The van der Waals surface area contributed by atoms with Crippen molar-refractivity contribution in [3.05, 3.63) is 53.1 Å². The first kappa shape index (κ1) is 15.9. The Kier molecular flexibility index (Phi) is 5.85. The van der Waals surface area contributed by atoms with Gasteiger partial charge >= 0.3 is 0 Å². The molecule has 0 unspecified atom stereocenters. The van der Waals surface area contributed by atoms with Crippen molar-refractivity contribution in [3.8, 4) is 11.3 Å². The molecule has 6 heteroatoms. The van der Waals surface area contributed by atoms with Crippen LogP contribution in [0.3, 0.4) is 0 Å². The number of ether oxygens (including phenoxy) is 1. The first-order valence-corrected chi connectivity index (χ1v) is 7.17. The van der Waals surface area contributed by atoms with Crippen molar-refractivity contribution in [2.24, 2.45) is 0 Å². The number of hydrogen-bond donors (Lipinski definition) is 1. The van der Waals surface area contributed by atoms with Gasteiger partial charge in [0.05, 0.1) is 18.6 Å². The van der Waals surface area contributed by atoms with Crippen LogP contribution >= 0.6 is 0 Å². The Labute approximate surface area is 128 Å². The lowest BCUT2D eigenvalue weighted by atomic mass is 10.1. The van der Waals surface area contributed by atoms with E-state index in [9.17, 15) is 9.59 Å². The van der Waals surface area contributed by atoms with Gasteiger partial charge in [-0.15, -0.1) is 0 Å². The van der Waals surface area contributed by atoms with E-state index in [0.717, 1.165) is 5.56 Å². The maximum Gasteiger partial charge on any atom is 0.254 e. The summed E-state index contributed by atoms with van der Waals surface area (Å²) >= 11 is 0. The fraction of sp³-hybridized carbons (Fsp3) is 0.312. The summed E-state index contributed by atoms with van der Waals surface area (Å²) in [6, 6.07) is 10.9. The van der Waals surface area contributed by atoms with E-state index in [0.29, 0.717) is 25.5 Å². The third-order valence-corrected chi connectivity index (χ3v) is 3.04. The fourth-order valence-corrected chi connectivity index (χ4v) is 1.93. The van der Waals surface area contributed by atoms with Crippen molar-refractivity contribution in [3.63, 3.8) is 0 Å². The summed E-state index contributed by atoms with van der Waals surface area (Å²) < 4.78 is 6.41. The maximum absolute atomic E-state index is 12.0. The Hall–Kier alpha value is -2.47. The van der Waals surface area contributed by atoms with Crippen molar-refractivity contribution in [1.82, 2.24) is 14.9 Å². The molecule has 0 saturated carbocycles. The van der Waals surface area contributed by atoms with Crippen LogP contribution in [0.5, 0.6) is 0 Å². The highest BCUT2D eigenvalue weighted by Crippen LogP contribution is 2.13. The van der Waals surface area contributed by atoms with Crippen LogP contribution in [0.2, 0.25) is 0 Å². The molecule has 0 radical (unpaired) electrons. The third kappa shape index (κ3) is 4.53. The molecule has 1 N–H and O–H groups in total. The lowest BCUT2D eigenvalue weighted by molar-refractivity contribution is -0.121. The van der Waals surface area contributed by atoms with Crippen LogP contribution in [-0.2, 0) is 16.1 Å². The third-order valence-electron chi connectivity index (χ3n) is 3.04. The SMILES string of the molecule is CCOCCNC(=O)Cn1cnc(-c2ccccc2)cc1=O. The molecule has 2 rings (SSSR count). The number of aromatic nitrogens is 2. The second kappa shape index (κ2) is 8.09. The Morgan fingerprint density at radius 2 is 2.09 bits per heavy atom. The fourth-order valence-electron chi connectivity index (χ4n) is 1.93. The maximum atomic E-state index is 12.0. The van der Waals surface area contributed by atoms with Gasteiger partial charge in [-0.05, 0) is 6.92 Å². The quantitative estimate of drug-likeness (QED) is 0.776. The molecule has 0 aliphatic heterocycles. The Morgan fingerprint density at radius 1 is 1.32 bits per heavy atom. The molecule has 0 spiro atoms. The summed E-state index contributed by atoms with van der Waals surface area (Å²) in [5.74, 6) is -0.240. The highest BCUT2D eigenvalue weighted by Gasteiger charge is 2.06. The molecule has 1 amide bonds. The van der Waals surface area contributed by atoms with Gasteiger partial charge in [-0.1, -0.05) is 30.3 Å². The second-order valence-corrected chi connectivity index (χ2v) is 4.65. The van der Waals surface area contributed by atoms with E-state index in [4.69, 9.17) is 4.74 Å². The zero-order chi connectivity index (χ0) is 15.8. The molecule has 0 saturated heterocycles. The number of benzene rings is 1. The number of hydrogen-bond acceptors (Lipinski definition) is 4. The number of nitrogens with one attached hydrogen (secondary N) is 1. The Balaban J connectivity index is 1.98. The standard InChI is InChI=1S/C16H19N3O3/c1-2-22-9-8-17-15(20)11-19-12-18-14(10-16(19)21)13-6-4-3-5-7-13/h3-7,10,12H,2,8-9,11H2,1H3,(H,17,20). The normalized spacial score (nSPS) is 10.4. The van der Waals surface area contributed by atoms with Crippen LogP contribution in [-0.4, -0.2) is 35.2 Å². The summed E-state index contributed by atoms with van der Waals surface area (Å²) in [7, 11) is 0. The topological polar surface area (TPSA) is 73.2 Å². The molecule has 6 nitrogen and oxygen atoms in total. The molecule has 0 aliphatic carbocycles. The van der Waals surface area contributed by atoms with Crippen LogP contribution in [0.25, 0.3) is 11.3 Å². The van der Waals surface area contributed by atoms with E-state index in [1.165, 1.54) is 17.0 Å². The molecule has 1 heterocycles. The number of carbonyl (C=O) groups excluding carboxylic acids is 1. The number of nitrogens with zero attached hydrogens (tertiary/aromatic N) is 2. The lowest BCUT2D eigenvalue weighted by Crippen LogP contribution is -2.34. The van der Waals surface area contributed by atoms with Gasteiger partial charge in [-0.3, -0.25) is 14.2 Å². The number of rotatable bonds is 7. The van der Waals surface area contributed by atoms with Crippen molar-refractivity contribution in [2.75, 3.05) is 19.8 Å². The van der Waals surface area contributed by atoms with E-state index in [2.05, 4.69) is 10.3 Å². The van der Waals surface area contributed by atoms with Crippen molar-refractivity contribution < 1.29 is 9.53 Å². The highest BCUT2D eigenvalue weighted by atomic mass is 16.5. The lowest BCUT2D eigenvalue weighted by Gasteiger charge is -2.08. The molecule has 116 valence electrons. The summed E-state index contributed by atoms with van der Waals surface area (Å²) in [6.45, 7) is 3.34. The molecule has 2 aromatic rings. The molecule has 1 aromatic carbocycles. The zero-order valence-corrected chi connectivity index (χ0v) is 12.5. The van der Waals surface area contributed by atoms with Gasteiger partial charge in [0.2, 0.25) is 5.91 Å². The largest absolute Gasteiger partial charge is 0.380 e. The first-order valence-electron chi connectivity index (χ1n) is 7.17. The van der Waals surface area contributed by atoms with Crippen LogP contribution in [0.1, 0.15) is 6.92 Å². The van der Waals surface area contributed by atoms with Crippen LogP contribution in [0.15, 0.2) is 47.5 Å². The smallest absolute Gasteiger partial charge is 0.254 e. The van der Waals surface area contributed by atoms with E-state index >= 15 is 0 Å². The summed E-state index contributed by atoms with van der Waals surface area (Å²) in [6.07, 6.45) is 1.40. The number of amides is 1. The van der Waals surface area contributed by atoms with Gasteiger partial charge in [0.15, 0.2) is 0 Å². The number of carbonyl (C=O) groups is 1. The minimum Gasteiger partial charge on any atom is -0.380 e. The predicted molar refractivity (Wildman–Crippen MR) is 83.4 cm³/mol. The molecule has 22 heavy (non-hydrogen) atoms. The molecule has 0 bridgehead atoms. The highest BCUT2D eigenvalue weighted by molar-refractivity contribution is 5.75. The van der Waals surface area contributed by atoms with Crippen molar-refractivity contribution in [1.29, 1.82) is 0 Å². The second-order valence-electron chi connectivity index (χ2n) is 4.65. The van der Waals surface area contributed by atoms with Crippen molar-refractivity contribution in [2.45, 2.75) is 13.5 Å². The van der Waals surface area contributed by atoms with Gasteiger partial charge in [0.25, 0.3) is 5.56 Å². The molecular weight excluding hydrogens is 282 g/mol. The minimum atomic E-state index is -0.256. The van der Waals surface area contributed by atoms with Gasteiger partial charge in [-0.2, -0.15) is 0 Å². The van der Waals surface area contributed by atoms with Crippen molar-refractivity contribution >= 4 is 5.91 Å². The Bertz CT molecular complexity index is 668. The average Bonchev–Trinajstić information content (AvgIpc) is 2.54. The molecule has 0 aliphatic rings. The van der Waals surface area contributed by atoms with Crippen LogP contribution in [0.4, 0.5) is 0 Å². The molecule has 0 atom stereocenters. The molecule has 1 aromatic heterocycles. The molecular formula is C16H19N3O3. The van der Waals surface area contributed by atoms with Gasteiger partial charge in [0, 0.05) is 24.8 Å². The zero-order valence-electron chi connectivity index (χ0n) is 12.5. The van der Waals surface area contributed by atoms with Gasteiger partial charge < -0.3 is 10.1 Å². The Morgan fingerprint density at radius 3 is 2.77 bits per heavy atom. The van der Waals surface area contributed by atoms with Gasteiger partial charge in [-0.25, -0.2) is 4.98 Å². The van der Waals surface area contributed by atoms with E-state index in [1.54, 1.807) is 0 Å². The summed E-state index contributed by atoms with van der Waals surface area (Å²) in [5, 5.41) is 2.69. The predicted octanol–water partition coefficient (Wildman–Crippen LogP) is 1.06. The summed E-state index contributed by atoms with van der Waals surface area (Å²) in [4.78, 5) is 28.0.